The first-order chi connectivity index (χ1) is 5.77. The maximum absolute atomic E-state index is 5.35. The molecule has 0 saturated heterocycles. The van der Waals surface area contributed by atoms with Crippen LogP contribution in [0.5, 0.6) is 0 Å². The van der Waals surface area contributed by atoms with Gasteiger partial charge in [-0.1, -0.05) is 0 Å². The van der Waals surface area contributed by atoms with E-state index in [2.05, 4.69) is 20.3 Å². The molecule has 0 amide bonds. The first-order valence-corrected chi connectivity index (χ1v) is 3.43. The highest BCUT2D eigenvalue weighted by Crippen LogP contribution is 2.12. The topological polar surface area (TPSA) is 85.4 Å². The van der Waals surface area contributed by atoms with Crippen molar-refractivity contribution in [3.05, 3.63) is 12.3 Å². The van der Waals surface area contributed by atoms with E-state index in [1.807, 2.05) is 13.1 Å². The Labute approximate surface area is 68.4 Å². The summed E-state index contributed by atoms with van der Waals surface area (Å²) >= 11 is 0. The first-order valence-electron chi connectivity index (χ1n) is 3.43. The van der Waals surface area contributed by atoms with Gasteiger partial charge in [-0.05, 0) is 6.07 Å². The zero-order chi connectivity index (χ0) is 8.55. The monoisotopic (exact) mass is 164 g/mol. The van der Waals surface area contributed by atoms with Gasteiger partial charge in [0.15, 0.2) is 5.82 Å². The number of anilines is 1. The molecule has 0 aliphatic rings. The lowest BCUT2D eigenvalue weighted by Gasteiger charge is -1.94. The van der Waals surface area contributed by atoms with E-state index in [1.165, 1.54) is 0 Å². The van der Waals surface area contributed by atoms with Crippen LogP contribution in [0.4, 0.5) is 5.95 Å². The van der Waals surface area contributed by atoms with E-state index in [9.17, 15) is 0 Å². The van der Waals surface area contributed by atoms with Gasteiger partial charge >= 0.3 is 0 Å². The lowest BCUT2D eigenvalue weighted by atomic mass is 10.4. The third-order valence-electron chi connectivity index (χ3n) is 1.57. The van der Waals surface area contributed by atoms with Crippen LogP contribution in [-0.2, 0) is 7.05 Å². The molecule has 0 spiro atoms. The number of nitrogens with one attached hydrogen (secondary N) is 1. The van der Waals surface area contributed by atoms with Crippen molar-refractivity contribution in [1.29, 1.82) is 0 Å². The van der Waals surface area contributed by atoms with Gasteiger partial charge in [0.05, 0.1) is 0 Å². The van der Waals surface area contributed by atoms with Crippen LogP contribution in [-0.4, -0.2) is 25.0 Å². The van der Waals surface area contributed by atoms with Crippen LogP contribution in [0.2, 0.25) is 0 Å². The maximum atomic E-state index is 5.35. The predicted molar refractivity (Wildman–Crippen MR) is 43.0 cm³/mol. The van der Waals surface area contributed by atoms with Gasteiger partial charge in [-0.2, -0.15) is 10.1 Å². The van der Waals surface area contributed by atoms with Crippen LogP contribution in [0.1, 0.15) is 0 Å². The molecule has 6 heteroatoms. The Kier molecular flexibility index (Phi) is 1.33. The smallest absolute Gasteiger partial charge is 0.239 e. The molecule has 0 fully saturated rings. The standard InChI is InChI=1S/C6H8N6/c1-12-4(2-3-8-12)5-9-6(7)11-10-5/h2-3H,1H3,(H3,7,9,10,11). The summed E-state index contributed by atoms with van der Waals surface area (Å²) in [4.78, 5) is 3.96. The number of hydrogen-bond donors (Lipinski definition) is 2. The van der Waals surface area contributed by atoms with Gasteiger partial charge in [0, 0.05) is 13.2 Å². The number of nitrogens with two attached hydrogens (primary N) is 1. The summed E-state index contributed by atoms with van der Waals surface area (Å²) in [5.41, 5.74) is 6.21. The highest BCUT2D eigenvalue weighted by molar-refractivity contribution is 5.49. The Hall–Kier alpha value is -1.85. The van der Waals surface area contributed by atoms with Crippen molar-refractivity contribution >= 4 is 5.95 Å². The van der Waals surface area contributed by atoms with Gasteiger partial charge < -0.3 is 5.73 Å². The molecule has 2 heterocycles. The number of hydrogen-bond acceptors (Lipinski definition) is 4. The molecule has 0 unspecified atom stereocenters. The zero-order valence-corrected chi connectivity index (χ0v) is 6.52. The second kappa shape index (κ2) is 2.33. The van der Waals surface area contributed by atoms with Crippen LogP contribution in [0.15, 0.2) is 12.3 Å². The number of rotatable bonds is 1. The molecular formula is C6H8N6. The van der Waals surface area contributed by atoms with Crippen LogP contribution in [0.3, 0.4) is 0 Å². The van der Waals surface area contributed by atoms with Crippen LogP contribution >= 0.6 is 0 Å². The lowest BCUT2D eigenvalue weighted by Crippen LogP contribution is -1.94. The molecule has 0 atom stereocenters. The third-order valence-corrected chi connectivity index (χ3v) is 1.57. The summed E-state index contributed by atoms with van der Waals surface area (Å²) in [6, 6.07) is 1.83. The summed E-state index contributed by atoms with van der Waals surface area (Å²) in [5, 5.41) is 10.4. The molecule has 0 saturated carbocycles. The van der Waals surface area contributed by atoms with E-state index in [1.54, 1.807) is 10.9 Å². The number of nitrogen functional groups attached to an aromatic ring is 1. The van der Waals surface area contributed by atoms with Crippen molar-refractivity contribution in [2.24, 2.45) is 7.05 Å². The van der Waals surface area contributed by atoms with Crippen LogP contribution in [0, 0.1) is 0 Å². The quantitative estimate of drug-likeness (QED) is 0.610. The van der Waals surface area contributed by atoms with E-state index < -0.39 is 0 Å². The molecule has 0 bridgehead atoms. The van der Waals surface area contributed by atoms with Crippen molar-refractivity contribution in [3.63, 3.8) is 0 Å². The van der Waals surface area contributed by atoms with Gasteiger partial charge in [0.25, 0.3) is 0 Å². The zero-order valence-electron chi connectivity index (χ0n) is 6.52. The lowest BCUT2D eigenvalue weighted by molar-refractivity contribution is 0.770. The van der Waals surface area contributed by atoms with E-state index in [4.69, 9.17) is 5.73 Å². The molecule has 0 aromatic carbocycles. The Balaban J connectivity index is 2.50. The molecule has 6 nitrogen and oxygen atoms in total. The Morgan fingerprint density at radius 1 is 1.58 bits per heavy atom. The highest BCUT2D eigenvalue weighted by Gasteiger charge is 2.05. The van der Waals surface area contributed by atoms with Crippen LogP contribution in [0.25, 0.3) is 11.5 Å². The van der Waals surface area contributed by atoms with Crippen LogP contribution < -0.4 is 5.73 Å². The Morgan fingerprint density at radius 2 is 2.42 bits per heavy atom. The van der Waals surface area contributed by atoms with Crippen molar-refractivity contribution in [3.8, 4) is 11.5 Å². The number of aromatic nitrogens is 5. The maximum Gasteiger partial charge on any atom is 0.239 e. The largest absolute Gasteiger partial charge is 0.366 e. The first kappa shape index (κ1) is 6.84. The average molecular weight is 164 g/mol. The average Bonchev–Trinajstić information content (AvgIpc) is 2.58. The van der Waals surface area contributed by atoms with E-state index >= 15 is 0 Å². The second-order valence-corrected chi connectivity index (χ2v) is 2.38. The van der Waals surface area contributed by atoms with Gasteiger partial charge in [-0.25, -0.2) is 0 Å². The molecular weight excluding hydrogens is 156 g/mol. The van der Waals surface area contributed by atoms with Crippen molar-refractivity contribution < 1.29 is 0 Å². The van der Waals surface area contributed by atoms with Gasteiger partial charge in [0.1, 0.15) is 5.69 Å². The molecule has 62 valence electrons. The molecule has 3 N–H and O–H groups in total. The summed E-state index contributed by atoms with van der Waals surface area (Å²) in [7, 11) is 1.83. The number of nitrogens with zero attached hydrogens (tertiary/aromatic N) is 4. The third kappa shape index (κ3) is 0.931. The number of aromatic amines is 1. The van der Waals surface area contributed by atoms with E-state index in [0.29, 0.717) is 5.82 Å². The summed E-state index contributed by atoms with van der Waals surface area (Å²) in [6.45, 7) is 0. The summed E-state index contributed by atoms with van der Waals surface area (Å²) in [5.74, 6) is 0.874. The van der Waals surface area contributed by atoms with Crippen molar-refractivity contribution in [2.45, 2.75) is 0 Å². The van der Waals surface area contributed by atoms with Gasteiger partial charge in [-0.15, -0.1) is 5.10 Å². The molecule has 12 heavy (non-hydrogen) atoms. The second-order valence-electron chi connectivity index (χ2n) is 2.38. The fraction of sp³-hybridized carbons (Fsp3) is 0.167. The van der Waals surface area contributed by atoms with E-state index in [-0.39, 0.29) is 5.95 Å². The highest BCUT2D eigenvalue weighted by atomic mass is 15.3. The number of H-pyrrole nitrogens is 1. The SMILES string of the molecule is Cn1nccc1-c1nc(N)n[nH]1. The molecule has 0 aliphatic carbocycles. The summed E-state index contributed by atoms with van der Waals surface area (Å²) < 4.78 is 1.69. The van der Waals surface area contributed by atoms with E-state index in [0.717, 1.165) is 5.69 Å². The molecule has 0 aliphatic heterocycles. The predicted octanol–water partition coefficient (Wildman–Crippen LogP) is -0.213. The fourth-order valence-corrected chi connectivity index (χ4v) is 0.996. The van der Waals surface area contributed by atoms with Crippen molar-refractivity contribution in [1.82, 2.24) is 25.0 Å². The molecule has 0 radical (unpaired) electrons. The van der Waals surface area contributed by atoms with Gasteiger partial charge in [-0.3, -0.25) is 9.78 Å². The summed E-state index contributed by atoms with van der Waals surface area (Å²) in [6.07, 6.45) is 1.69. The fourth-order valence-electron chi connectivity index (χ4n) is 0.996. The van der Waals surface area contributed by atoms with Gasteiger partial charge in [0.2, 0.25) is 5.95 Å². The minimum absolute atomic E-state index is 0.242. The Morgan fingerprint density at radius 3 is 2.92 bits per heavy atom. The molecule has 2 rings (SSSR count). The van der Waals surface area contributed by atoms with Crippen molar-refractivity contribution in [2.75, 3.05) is 5.73 Å². The number of aryl methyl sites for hydroxylation is 1. The molecule has 2 aromatic rings. The minimum Gasteiger partial charge on any atom is -0.366 e. The Bertz CT molecular complexity index is 386. The molecule has 2 aromatic heterocycles. The minimum atomic E-state index is 0.242. The normalized spacial score (nSPS) is 10.4.